The molecule has 0 radical (unpaired) electrons. The van der Waals surface area contributed by atoms with E-state index < -0.39 is 5.91 Å². The minimum Gasteiger partial charge on any atom is -0.326 e. The summed E-state index contributed by atoms with van der Waals surface area (Å²) in [5.41, 5.74) is 8.34. The van der Waals surface area contributed by atoms with Gasteiger partial charge in [0.2, 0.25) is 0 Å². The fraction of sp³-hybridized carbons (Fsp3) is 0.500. The second-order valence-corrected chi connectivity index (χ2v) is 8.31. The van der Waals surface area contributed by atoms with Crippen molar-refractivity contribution >= 4 is 23.0 Å². The van der Waals surface area contributed by atoms with Crippen molar-refractivity contribution in [3.8, 4) is 0 Å². The number of carbonyl (C=O) groups excluding carboxylic acids is 1. The van der Waals surface area contributed by atoms with Gasteiger partial charge in [-0.05, 0) is 42.0 Å². The minimum absolute atomic E-state index is 0.350. The third kappa shape index (κ3) is 5.15. The van der Waals surface area contributed by atoms with Crippen LogP contribution in [0.4, 0.5) is 0 Å². The fourth-order valence-electron chi connectivity index (χ4n) is 3.27. The lowest BCUT2D eigenvalue weighted by molar-refractivity contribution is -0.124. The SMILES string of the molecule is CC(C)(C)CCN1CCC(n2cnc3cc(/C=C/C(=O)NO)ccc32)CN1. The quantitative estimate of drug-likeness (QED) is 0.428. The first-order valence-corrected chi connectivity index (χ1v) is 9.43. The fourth-order valence-corrected chi connectivity index (χ4v) is 3.27. The highest BCUT2D eigenvalue weighted by atomic mass is 16.5. The summed E-state index contributed by atoms with van der Waals surface area (Å²) in [6.07, 6.45) is 7.09. The monoisotopic (exact) mass is 371 g/mol. The van der Waals surface area contributed by atoms with E-state index in [0.29, 0.717) is 11.5 Å². The summed E-state index contributed by atoms with van der Waals surface area (Å²) in [7, 11) is 0. The lowest BCUT2D eigenvalue weighted by Gasteiger charge is -2.35. The number of carbonyl (C=O) groups is 1. The molecule has 27 heavy (non-hydrogen) atoms. The van der Waals surface area contributed by atoms with Crippen LogP contribution in [0.15, 0.2) is 30.6 Å². The van der Waals surface area contributed by atoms with Gasteiger partial charge in [0.25, 0.3) is 5.91 Å². The number of hydrogen-bond donors (Lipinski definition) is 3. The number of fused-ring (bicyclic) bond motifs is 1. The van der Waals surface area contributed by atoms with Gasteiger partial charge in [0.05, 0.1) is 23.4 Å². The van der Waals surface area contributed by atoms with Crippen molar-refractivity contribution in [2.75, 3.05) is 19.6 Å². The van der Waals surface area contributed by atoms with Crippen LogP contribution in [0.5, 0.6) is 0 Å². The molecule has 7 nitrogen and oxygen atoms in total. The number of hydroxylamine groups is 1. The molecule has 1 atom stereocenters. The van der Waals surface area contributed by atoms with Gasteiger partial charge in [-0.15, -0.1) is 0 Å². The number of rotatable bonds is 5. The standard InChI is InChI=1S/C20H29N5O2/c1-20(2,3)9-11-24-10-8-16(13-22-24)25-14-21-17-12-15(4-6-18(17)25)5-7-19(26)23-27/h4-7,12,14,16,22,27H,8-11,13H2,1-3H3,(H,23,26)/b7-5+. The van der Waals surface area contributed by atoms with E-state index in [1.54, 1.807) is 11.6 Å². The highest BCUT2D eigenvalue weighted by molar-refractivity contribution is 5.91. The molecule has 3 rings (SSSR count). The number of nitrogens with one attached hydrogen (secondary N) is 2. The first kappa shape index (κ1) is 19.5. The van der Waals surface area contributed by atoms with Crippen molar-refractivity contribution in [3.63, 3.8) is 0 Å². The van der Waals surface area contributed by atoms with E-state index in [1.165, 1.54) is 12.5 Å². The number of hydrazine groups is 1. The van der Waals surface area contributed by atoms with E-state index in [-0.39, 0.29) is 0 Å². The normalized spacial score (nSPS) is 19.0. The van der Waals surface area contributed by atoms with Crippen LogP contribution in [-0.4, -0.2) is 45.3 Å². The van der Waals surface area contributed by atoms with Crippen LogP contribution < -0.4 is 10.9 Å². The van der Waals surface area contributed by atoms with E-state index >= 15 is 0 Å². The third-order valence-corrected chi connectivity index (χ3v) is 4.94. The summed E-state index contributed by atoms with van der Waals surface area (Å²) in [4.78, 5) is 15.6. The molecule has 1 saturated heterocycles. The van der Waals surface area contributed by atoms with E-state index in [9.17, 15) is 4.79 Å². The van der Waals surface area contributed by atoms with E-state index in [4.69, 9.17) is 5.21 Å². The van der Waals surface area contributed by atoms with Gasteiger partial charge in [-0.2, -0.15) is 0 Å². The molecule has 0 aliphatic carbocycles. The Hall–Kier alpha value is -2.22. The zero-order chi connectivity index (χ0) is 19.4. The van der Waals surface area contributed by atoms with Crippen molar-refractivity contribution in [2.24, 2.45) is 5.41 Å². The van der Waals surface area contributed by atoms with Crippen molar-refractivity contribution in [3.05, 3.63) is 36.2 Å². The number of nitrogens with zero attached hydrogens (tertiary/aromatic N) is 3. The van der Waals surface area contributed by atoms with Gasteiger partial charge in [-0.3, -0.25) is 15.4 Å². The van der Waals surface area contributed by atoms with Gasteiger partial charge >= 0.3 is 0 Å². The Morgan fingerprint density at radius 1 is 1.44 bits per heavy atom. The van der Waals surface area contributed by atoms with Gasteiger partial charge in [0.15, 0.2) is 0 Å². The lowest BCUT2D eigenvalue weighted by Crippen LogP contribution is -2.48. The predicted molar refractivity (Wildman–Crippen MR) is 106 cm³/mol. The van der Waals surface area contributed by atoms with E-state index in [0.717, 1.165) is 42.7 Å². The largest absolute Gasteiger partial charge is 0.326 e. The Balaban J connectivity index is 1.64. The number of imidazole rings is 1. The van der Waals surface area contributed by atoms with Crippen LogP contribution in [0, 0.1) is 5.41 Å². The van der Waals surface area contributed by atoms with E-state index in [2.05, 4.69) is 40.8 Å². The number of hydrogen-bond acceptors (Lipinski definition) is 5. The molecule has 1 amide bonds. The average Bonchev–Trinajstić information content (AvgIpc) is 3.07. The van der Waals surface area contributed by atoms with Crippen molar-refractivity contribution < 1.29 is 10.0 Å². The molecule has 1 aromatic carbocycles. The first-order chi connectivity index (χ1) is 12.9. The average molecular weight is 371 g/mol. The maximum absolute atomic E-state index is 11.1. The van der Waals surface area contributed by atoms with Crippen molar-refractivity contribution in [1.29, 1.82) is 0 Å². The second-order valence-electron chi connectivity index (χ2n) is 8.31. The Kier molecular flexibility index (Phi) is 5.94. The molecule has 1 fully saturated rings. The van der Waals surface area contributed by atoms with Crippen LogP contribution >= 0.6 is 0 Å². The van der Waals surface area contributed by atoms with Crippen molar-refractivity contribution in [2.45, 2.75) is 39.7 Å². The molecule has 0 saturated carbocycles. The highest BCUT2D eigenvalue weighted by Crippen LogP contribution is 2.24. The maximum atomic E-state index is 11.1. The minimum atomic E-state index is -0.551. The molecular weight excluding hydrogens is 342 g/mol. The number of amides is 1. The van der Waals surface area contributed by atoms with Gasteiger partial charge in [-0.25, -0.2) is 15.5 Å². The molecular formula is C20H29N5O2. The van der Waals surface area contributed by atoms with Crippen LogP contribution in [0.25, 0.3) is 17.1 Å². The van der Waals surface area contributed by atoms with Crippen LogP contribution in [-0.2, 0) is 4.79 Å². The summed E-state index contributed by atoms with van der Waals surface area (Å²) in [5.74, 6) is -0.551. The molecule has 0 bridgehead atoms. The highest BCUT2D eigenvalue weighted by Gasteiger charge is 2.22. The first-order valence-electron chi connectivity index (χ1n) is 9.43. The third-order valence-electron chi connectivity index (χ3n) is 4.94. The molecule has 1 aliphatic rings. The van der Waals surface area contributed by atoms with Gasteiger partial charge < -0.3 is 4.57 Å². The van der Waals surface area contributed by atoms with Gasteiger partial charge in [0, 0.05) is 25.7 Å². The van der Waals surface area contributed by atoms with Gasteiger partial charge in [0.1, 0.15) is 0 Å². The topological polar surface area (TPSA) is 82.4 Å². The molecule has 1 aromatic heterocycles. The molecule has 1 aliphatic heterocycles. The summed E-state index contributed by atoms with van der Waals surface area (Å²) in [6.45, 7) is 9.81. The van der Waals surface area contributed by atoms with Crippen molar-refractivity contribution in [1.82, 2.24) is 25.5 Å². The second kappa shape index (κ2) is 8.21. The summed E-state index contributed by atoms with van der Waals surface area (Å²) < 4.78 is 2.23. The summed E-state index contributed by atoms with van der Waals surface area (Å²) >= 11 is 0. The Morgan fingerprint density at radius 2 is 2.26 bits per heavy atom. The summed E-state index contributed by atoms with van der Waals surface area (Å²) in [6, 6.07) is 6.31. The maximum Gasteiger partial charge on any atom is 0.267 e. The number of benzene rings is 1. The Bertz CT molecular complexity index is 813. The molecule has 1 unspecified atom stereocenters. The molecule has 0 spiro atoms. The lowest BCUT2D eigenvalue weighted by atomic mass is 9.92. The molecule has 3 N–H and O–H groups in total. The summed E-state index contributed by atoms with van der Waals surface area (Å²) in [5, 5.41) is 10.9. The van der Waals surface area contributed by atoms with Crippen LogP contribution in [0.1, 0.15) is 45.2 Å². The molecule has 2 aromatic rings. The van der Waals surface area contributed by atoms with Crippen LogP contribution in [0.2, 0.25) is 0 Å². The predicted octanol–water partition coefficient (Wildman–Crippen LogP) is 2.74. The zero-order valence-electron chi connectivity index (χ0n) is 16.3. The molecule has 146 valence electrons. The van der Waals surface area contributed by atoms with E-state index in [1.807, 2.05) is 24.5 Å². The van der Waals surface area contributed by atoms with Crippen LogP contribution in [0.3, 0.4) is 0 Å². The zero-order valence-corrected chi connectivity index (χ0v) is 16.3. The molecule has 7 heteroatoms. The van der Waals surface area contributed by atoms with Gasteiger partial charge in [-0.1, -0.05) is 26.8 Å². The smallest absolute Gasteiger partial charge is 0.267 e. The molecule has 2 heterocycles. The Morgan fingerprint density at radius 3 is 2.93 bits per heavy atom. The Labute approximate surface area is 160 Å². The number of aromatic nitrogens is 2.